The number of piperidine rings is 2. The summed E-state index contributed by atoms with van der Waals surface area (Å²) in [5, 5.41) is 14.2. The fraction of sp³-hybridized carbons (Fsp3) is 0.467. The maximum Gasteiger partial charge on any atom is 0.253 e. The molecule has 2 saturated heterocycles. The molecule has 7 nitrogen and oxygen atoms in total. The number of rotatable bonds is 15. The topological polar surface area (TPSA) is 82.1 Å². The molecule has 7 heteroatoms. The number of carbonyl (C=O) groups is 2. The van der Waals surface area contributed by atoms with Crippen molar-refractivity contribution in [2.24, 2.45) is 11.8 Å². The van der Waals surface area contributed by atoms with E-state index in [1.807, 2.05) is 71.3 Å². The third-order valence-electron chi connectivity index (χ3n) is 11.1. The van der Waals surface area contributed by atoms with Gasteiger partial charge >= 0.3 is 0 Å². The number of allylic oxidation sites excluding steroid dienone is 1. The highest BCUT2D eigenvalue weighted by molar-refractivity contribution is 5.95. The predicted octanol–water partition coefficient (Wildman–Crippen LogP) is 8.30. The SMILES string of the molecule is CCOC1(O)C=CC(N(Cc2cccc(-c3cccc(C(=O)N4CCC(CCCC5CCNCC5)CC4)c3)c2)C(=O)CCCc2ccccc2)=CC1. The van der Waals surface area contributed by atoms with Crippen LogP contribution in [-0.4, -0.2) is 65.3 Å². The van der Waals surface area contributed by atoms with E-state index >= 15 is 0 Å². The van der Waals surface area contributed by atoms with Crippen LogP contribution in [0.15, 0.2) is 103 Å². The Morgan fingerprint density at radius 3 is 2.27 bits per heavy atom. The van der Waals surface area contributed by atoms with Gasteiger partial charge in [0.2, 0.25) is 5.91 Å². The van der Waals surface area contributed by atoms with Gasteiger partial charge in [0.1, 0.15) is 0 Å². The van der Waals surface area contributed by atoms with Crippen molar-refractivity contribution in [3.8, 4) is 11.1 Å². The van der Waals surface area contributed by atoms with Crippen molar-refractivity contribution in [1.29, 1.82) is 0 Å². The summed E-state index contributed by atoms with van der Waals surface area (Å²) in [7, 11) is 0. The average Bonchev–Trinajstić information content (AvgIpc) is 3.18. The van der Waals surface area contributed by atoms with Gasteiger partial charge in [-0.3, -0.25) is 9.59 Å². The third-order valence-corrected chi connectivity index (χ3v) is 11.1. The van der Waals surface area contributed by atoms with Crippen LogP contribution in [0.5, 0.6) is 0 Å². The van der Waals surface area contributed by atoms with Crippen LogP contribution in [0.2, 0.25) is 0 Å². The van der Waals surface area contributed by atoms with E-state index in [1.165, 1.54) is 50.8 Å². The maximum absolute atomic E-state index is 13.8. The minimum atomic E-state index is -1.36. The quantitative estimate of drug-likeness (QED) is 0.156. The van der Waals surface area contributed by atoms with Crippen molar-refractivity contribution >= 4 is 11.8 Å². The molecule has 1 unspecified atom stereocenters. The monoisotopic (exact) mass is 703 g/mol. The fourth-order valence-electron chi connectivity index (χ4n) is 8.04. The van der Waals surface area contributed by atoms with Crippen molar-refractivity contribution in [2.45, 2.75) is 89.9 Å². The zero-order valence-electron chi connectivity index (χ0n) is 31.0. The Kier molecular flexibility index (Phi) is 13.5. The van der Waals surface area contributed by atoms with Crippen molar-refractivity contribution in [2.75, 3.05) is 32.8 Å². The summed E-state index contributed by atoms with van der Waals surface area (Å²) in [5.41, 5.74) is 5.69. The van der Waals surface area contributed by atoms with Gasteiger partial charge in [0.25, 0.3) is 5.91 Å². The highest BCUT2D eigenvalue weighted by atomic mass is 16.6. The molecule has 276 valence electrons. The number of likely N-dealkylation sites (tertiary alicyclic amines) is 1. The van der Waals surface area contributed by atoms with Crippen molar-refractivity contribution in [3.05, 3.63) is 119 Å². The summed E-state index contributed by atoms with van der Waals surface area (Å²) in [4.78, 5) is 31.3. The molecule has 0 aromatic heterocycles. The number of aliphatic hydroxyl groups is 1. The lowest BCUT2D eigenvalue weighted by molar-refractivity contribution is -0.161. The molecule has 2 fully saturated rings. The summed E-state index contributed by atoms with van der Waals surface area (Å²) in [6.45, 7) is 6.65. The third kappa shape index (κ3) is 10.5. The number of nitrogens with zero attached hydrogens (tertiary/aromatic N) is 2. The normalized spacial score (nSPS) is 19.7. The van der Waals surface area contributed by atoms with E-state index in [-0.39, 0.29) is 18.2 Å². The number of hydrogen-bond acceptors (Lipinski definition) is 5. The summed E-state index contributed by atoms with van der Waals surface area (Å²) < 4.78 is 5.55. The summed E-state index contributed by atoms with van der Waals surface area (Å²) in [5.74, 6) is 0.414. The highest BCUT2D eigenvalue weighted by Crippen LogP contribution is 2.30. The first-order valence-electron chi connectivity index (χ1n) is 19.7. The Bertz CT molecular complexity index is 1670. The number of carbonyl (C=O) groups excluding carboxylic acids is 2. The first kappa shape index (κ1) is 37.7. The number of ether oxygens (including phenoxy) is 1. The van der Waals surface area contributed by atoms with Crippen LogP contribution in [0.4, 0.5) is 0 Å². The molecule has 2 amide bonds. The molecule has 6 rings (SSSR count). The second-order valence-electron chi connectivity index (χ2n) is 14.9. The van der Waals surface area contributed by atoms with Gasteiger partial charge in [-0.05, 0) is 123 Å². The first-order valence-corrected chi connectivity index (χ1v) is 19.7. The summed E-state index contributed by atoms with van der Waals surface area (Å²) in [6.07, 6.45) is 16.4. The second-order valence-corrected chi connectivity index (χ2v) is 14.9. The second kappa shape index (κ2) is 18.6. The van der Waals surface area contributed by atoms with Crippen LogP contribution < -0.4 is 5.32 Å². The Balaban J connectivity index is 1.08. The fourth-order valence-corrected chi connectivity index (χ4v) is 8.04. The lowest BCUT2D eigenvalue weighted by Gasteiger charge is -2.32. The molecule has 2 heterocycles. The average molecular weight is 704 g/mol. The van der Waals surface area contributed by atoms with Gasteiger partial charge in [0.05, 0.1) is 6.54 Å². The zero-order chi connectivity index (χ0) is 36.2. The molecule has 0 saturated carbocycles. The molecular weight excluding hydrogens is 647 g/mol. The first-order chi connectivity index (χ1) is 25.4. The molecule has 3 aromatic carbocycles. The minimum Gasteiger partial charge on any atom is -0.362 e. The summed E-state index contributed by atoms with van der Waals surface area (Å²) in [6, 6.07) is 26.5. The Hall–Kier alpha value is -4.04. The van der Waals surface area contributed by atoms with Gasteiger partial charge in [-0.1, -0.05) is 86.0 Å². The van der Waals surface area contributed by atoms with Crippen LogP contribution in [0.3, 0.4) is 0 Å². The molecule has 2 N–H and O–H groups in total. The van der Waals surface area contributed by atoms with Gasteiger partial charge < -0.3 is 25.0 Å². The van der Waals surface area contributed by atoms with Crippen LogP contribution in [0.25, 0.3) is 11.1 Å². The smallest absolute Gasteiger partial charge is 0.253 e. The molecule has 2 aliphatic heterocycles. The molecule has 3 aliphatic rings. The van der Waals surface area contributed by atoms with Gasteiger partial charge in [-0.15, -0.1) is 0 Å². The number of nitrogens with one attached hydrogen (secondary N) is 1. The predicted molar refractivity (Wildman–Crippen MR) is 208 cm³/mol. The van der Waals surface area contributed by atoms with Gasteiger partial charge in [-0.2, -0.15) is 0 Å². The van der Waals surface area contributed by atoms with Crippen LogP contribution in [-0.2, 0) is 22.5 Å². The van der Waals surface area contributed by atoms with E-state index in [2.05, 4.69) is 35.6 Å². The molecule has 0 spiro atoms. The van der Waals surface area contributed by atoms with Crippen molar-refractivity contribution < 1.29 is 19.4 Å². The van der Waals surface area contributed by atoms with E-state index in [0.29, 0.717) is 19.6 Å². The highest BCUT2D eigenvalue weighted by Gasteiger charge is 2.28. The lowest BCUT2D eigenvalue weighted by Crippen LogP contribution is -2.38. The van der Waals surface area contributed by atoms with E-state index in [9.17, 15) is 14.7 Å². The van der Waals surface area contributed by atoms with Gasteiger partial charge in [0.15, 0.2) is 5.79 Å². The maximum atomic E-state index is 13.8. The van der Waals surface area contributed by atoms with E-state index in [0.717, 1.165) is 78.6 Å². The zero-order valence-corrected chi connectivity index (χ0v) is 31.0. The minimum absolute atomic E-state index is 0.0391. The molecular formula is C45H57N3O4. The Morgan fingerprint density at radius 2 is 1.56 bits per heavy atom. The van der Waals surface area contributed by atoms with E-state index in [4.69, 9.17) is 4.74 Å². The van der Waals surface area contributed by atoms with Crippen LogP contribution in [0, 0.1) is 11.8 Å². The van der Waals surface area contributed by atoms with Gasteiger partial charge in [-0.25, -0.2) is 0 Å². The number of aryl methyl sites for hydroxylation is 1. The Morgan fingerprint density at radius 1 is 0.865 bits per heavy atom. The standard InChI is InChI=1S/C45H57N3O4/c1-2-52-45(51)26-20-42(21-27-45)48(43(49)19-8-14-35-10-4-3-5-11-35)34-38-15-7-16-39(32-38)40-17-9-18-41(33-40)44(50)47-30-24-37(25-31-47)13-6-12-36-22-28-46-29-23-36/h3-5,7,9-11,15-18,20-21,26,32-33,36-37,46,51H,2,6,8,12-14,19,22-25,27-31,34H2,1H3. The largest absolute Gasteiger partial charge is 0.362 e. The molecule has 52 heavy (non-hydrogen) atoms. The number of hydrogen-bond donors (Lipinski definition) is 2. The Labute approximate surface area is 310 Å². The molecule has 1 atom stereocenters. The number of amides is 2. The van der Waals surface area contributed by atoms with Gasteiger partial charge in [0, 0.05) is 43.8 Å². The molecule has 0 bridgehead atoms. The van der Waals surface area contributed by atoms with E-state index < -0.39 is 5.79 Å². The van der Waals surface area contributed by atoms with Crippen LogP contribution >= 0.6 is 0 Å². The molecule has 3 aromatic rings. The number of benzene rings is 3. The lowest BCUT2D eigenvalue weighted by atomic mass is 9.87. The van der Waals surface area contributed by atoms with Crippen LogP contribution in [0.1, 0.15) is 92.6 Å². The molecule has 1 aliphatic carbocycles. The van der Waals surface area contributed by atoms with Crippen molar-refractivity contribution in [3.63, 3.8) is 0 Å². The summed E-state index contributed by atoms with van der Waals surface area (Å²) >= 11 is 0. The van der Waals surface area contributed by atoms with Crippen molar-refractivity contribution in [1.82, 2.24) is 15.1 Å². The van der Waals surface area contributed by atoms with E-state index in [1.54, 1.807) is 12.2 Å². The molecule has 0 radical (unpaired) electrons.